The number of aryl methyl sites for hydroxylation is 2. The summed E-state index contributed by atoms with van der Waals surface area (Å²) in [7, 11) is 0. The number of carbonyl (C=O) groups excluding carboxylic acids is 1. The van der Waals surface area contributed by atoms with E-state index in [0.717, 1.165) is 32.6 Å². The monoisotopic (exact) mass is 406 g/mol. The number of nitrogens with zero attached hydrogens (tertiary/aromatic N) is 2. The number of aromatic nitrogens is 1. The highest BCUT2D eigenvalue weighted by atomic mass is 35.5. The maximum atomic E-state index is 13.6. The van der Waals surface area contributed by atoms with Gasteiger partial charge in [-0.25, -0.2) is 0 Å². The lowest BCUT2D eigenvalue weighted by atomic mass is 10.1. The molecule has 0 saturated carbocycles. The molecule has 0 atom stereocenters. The van der Waals surface area contributed by atoms with Crippen molar-refractivity contribution >= 4 is 44.6 Å². The van der Waals surface area contributed by atoms with Crippen molar-refractivity contribution in [1.82, 2.24) is 4.98 Å². The first-order chi connectivity index (χ1) is 13.5. The number of hydrogen-bond donors (Lipinski definition) is 0. The molecular formula is C23H19ClN2OS. The number of halogens is 1. The van der Waals surface area contributed by atoms with Crippen LogP contribution in [0.5, 0.6) is 0 Å². The summed E-state index contributed by atoms with van der Waals surface area (Å²) in [6.45, 7) is 4.45. The van der Waals surface area contributed by atoms with Crippen molar-refractivity contribution in [1.29, 1.82) is 0 Å². The molecule has 0 N–H and O–H groups in total. The highest BCUT2D eigenvalue weighted by molar-refractivity contribution is 7.21. The van der Waals surface area contributed by atoms with Crippen molar-refractivity contribution in [3.63, 3.8) is 0 Å². The van der Waals surface area contributed by atoms with E-state index in [9.17, 15) is 4.79 Å². The fraction of sp³-hybridized carbons (Fsp3) is 0.130. The smallest absolute Gasteiger partial charge is 0.270 e. The third kappa shape index (κ3) is 3.53. The highest BCUT2D eigenvalue weighted by Gasteiger charge is 2.25. The summed E-state index contributed by atoms with van der Waals surface area (Å²) < 4.78 is 1.01. The van der Waals surface area contributed by atoms with Gasteiger partial charge in [-0.2, -0.15) is 0 Å². The van der Waals surface area contributed by atoms with Crippen LogP contribution in [0.3, 0.4) is 0 Å². The van der Waals surface area contributed by atoms with Crippen molar-refractivity contribution in [3.8, 4) is 0 Å². The number of pyridine rings is 1. The zero-order valence-corrected chi connectivity index (χ0v) is 17.2. The van der Waals surface area contributed by atoms with Gasteiger partial charge in [-0.1, -0.05) is 53.6 Å². The molecule has 0 aliphatic carbocycles. The molecule has 140 valence electrons. The van der Waals surface area contributed by atoms with Crippen LogP contribution in [0.15, 0.2) is 66.9 Å². The number of carbonyl (C=O) groups is 1. The van der Waals surface area contributed by atoms with Gasteiger partial charge in [0, 0.05) is 22.0 Å². The predicted octanol–water partition coefficient (Wildman–Crippen LogP) is 6.41. The van der Waals surface area contributed by atoms with Gasteiger partial charge in [0.15, 0.2) is 0 Å². The molecule has 0 fully saturated rings. The fourth-order valence-electron chi connectivity index (χ4n) is 3.30. The normalized spacial score (nSPS) is 11.0. The second-order valence-corrected chi connectivity index (χ2v) is 8.17. The molecule has 1 amide bonds. The van der Waals surface area contributed by atoms with Gasteiger partial charge in [-0.05, 0) is 43.7 Å². The third-order valence-electron chi connectivity index (χ3n) is 4.66. The number of anilines is 1. The summed E-state index contributed by atoms with van der Waals surface area (Å²) in [5, 5.41) is 1.43. The Morgan fingerprint density at radius 1 is 1.07 bits per heavy atom. The molecule has 4 rings (SSSR count). The lowest BCUT2D eigenvalue weighted by Gasteiger charge is -2.24. The second-order valence-electron chi connectivity index (χ2n) is 6.74. The van der Waals surface area contributed by atoms with E-state index in [0.29, 0.717) is 16.4 Å². The summed E-state index contributed by atoms with van der Waals surface area (Å²) in [6, 6.07) is 19.7. The molecule has 2 aromatic carbocycles. The van der Waals surface area contributed by atoms with Gasteiger partial charge in [0.05, 0.1) is 17.3 Å². The largest absolute Gasteiger partial charge is 0.301 e. The summed E-state index contributed by atoms with van der Waals surface area (Å²) in [6.07, 6.45) is 1.74. The minimum absolute atomic E-state index is 0.108. The van der Waals surface area contributed by atoms with Crippen molar-refractivity contribution in [2.45, 2.75) is 20.4 Å². The third-order valence-corrected chi connectivity index (χ3v) is 6.33. The van der Waals surface area contributed by atoms with E-state index in [1.54, 1.807) is 11.1 Å². The van der Waals surface area contributed by atoms with Crippen LogP contribution >= 0.6 is 22.9 Å². The van der Waals surface area contributed by atoms with E-state index in [1.807, 2.05) is 68.4 Å². The summed E-state index contributed by atoms with van der Waals surface area (Å²) in [5.74, 6) is -0.108. The first kappa shape index (κ1) is 18.7. The molecule has 2 aromatic heterocycles. The van der Waals surface area contributed by atoms with E-state index in [2.05, 4.69) is 11.1 Å². The van der Waals surface area contributed by atoms with Gasteiger partial charge in [0.1, 0.15) is 4.88 Å². The van der Waals surface area contributed by atoms with Crippen molar-refractivity contribution in [3.05, 3.63) is 93.6 Å². The van der Waals surface area contributed by atoms with Gasteiger partial charge in [-0.3, -0.25) is 9.78 Å². The Kier molecular flexibility index (Phi) is 5.16. The average Bonchev–Trinajstić information content (AvgIpc) is 3.04. The maximum absolute atomic E-state index is 13.6. The Labute approximate surface area is 173 Å². The van der Waals surface area contributed by atoms with Crippen LogP contribution < -0.4 is 4.90 Å². The van der Waals surface area contributed by atoms with Crippen LogP contribution in [0.4, 0.5) is 5.69 Å². The first-order valence-corrected chi connectivity index (χ1v) is 10.2. The molecule has 28 heavy (non-hydrogen) atoms. The molecule has 0 saturated heterocycles. The number of amides is 1. The molecule has 0 unspecified atom stereocenters. The molecule has 0 aliphatic rings. The maximum Gasteiger partial charge on any atom is 0.270 e. The van der Waals surface area contributed by atoms with Crippen molar-refractivity contribution in [2.75, 3.05) is 4.90 Å². The van der Waals surface area contributed by atoms with Crippen LogP contribution in [-0.4, -0.2) is 10.9 Å². The minimum atomic E-state index is -0.108. The topological polar surface area (TPSA) is 33.2 Å². The lowest BCUT2D eigenvalue weighted by Crippen LogP contribution is -2.31. The molecule has 0 aliphatic heterocycles. The van der Waals surface area contributed by atoms with Gasteiger partial charge in [0.2, 0.25) is 0 Å². The standard InChI is InChI=1S/C23H19ClN2OS/c1-15-10-11-19(16(2)13-15)26(14-17-7-5-6-12-25-17)23(27)22-21(24)18-8-3-4-9-20(18)28-22/h3-13H,14H2,1-2H3. The number of hydrogen-bond acceptors (Lipinski definition) is 3. The molecule has 5 heteroatoms. The Balaban J connectivity index is 1.81. The minimum Gasteiger partial charge on any atom is -0.301 e. The quantitative estimate of drug-likeness (QED) is 0.392. The van der Waals surface area contributed by atoms with Crippen molar-refractivity contribution in [2.24, 2.45) is 0 Å². The van der Waals surface area contributed by atoms with E-state index < -0.39 is 0 Å². The molecule has 0 spiro atoms. The van der Waals surface area contributed by atoms with Crippen LogP contribution in [-0.2, 0) is 6.54 Å². The van der Waals surface area contributed by atoms with Crippen LogP contribution in [0.25, 0.3) is 10.1 Å². The molecule has 3 nitrogen and oxygen atoms in total. The SMILES string of the molecule is Cc1ccc(N(Cc2ccccn2)C(=O)c2sc3ccccc3c2Cl)c(C)c1. The Morgan fingerprint density at radius 2 is 1.86 bits per heavy atom. The highest BCUT2D eigenvalue weighted by Crippen LogP contribution is 2.37. The second kappa shape index (κ2) is 7.74. The molecule has 0 radical (unpaired) electrons. The van der Waals surface area contributed by atoms with E-state index >= 15 is 0 Å². The summed E-state index contributed by atoms with van der Waals surface area (Å²) >= 11 is 8.03. The lowest BCUT2D eigenvalue weighted by molar-refractivity contribution is 0.0988. The van der Waals surface area contributed by atoms with E-state index in [-0.39, 0.29) is 5.91 Å². The zero-order valence-electron chi connectivity index (χ0n) is 15.6. The van der Waals surface area contributed by atoms with Gasteiger partial charge in [-0.15, -0.1) is 11.3 Å². The Morgan fingerprint density at radius 3 is 2.57 bits per heavy atom. The van der Waals surface area contributed by atoms with Crippen LogP contribution in [0.2, 0.25) is 5.02 Å². The molecular weight excluding hydrogens is 388 g/mol. The van der Waals surface area contributed by atoms with Crippen molar-refractivity contribution < 1.29 is 4.79 Å². The van der Waals surface area contributed by atoms with Crippen LogP contribution in [0.1, 0.15) is 26.5 Å². The van der Waals surface area contributed by atoms with Gasteiger partial charge >= 0.3 is 0 Å². The van der Waals surface area contributed by atoms with E-state index in [4.69, 9.17) is 11.6 Å². The number of benzene rings is 2. The zero-order chi connectivity index (χ0) is 19.7. The molecule has 2 heterocycles. The van der Waals surface area contributed by atoms with E-state index in [1.165, 1.54) is 11.3 Å². The average molecular weight is 407 g/mol. The summed E-state index contributed by atoms with van der Waals surface area (Å²) in [5.41, 5.74) is 3.90. The Bertz CT molecular complexity index is 1150. The number of rotatable bonds is 4. The first-order valence-electron chi connectivity index (χ1n) is 9.00. The fourth-order valence-corrected chi connectivity index (χ4v) is 4.76. The number of thiophene rings is 1. The van der Waals surface area contributed by atoms with Crippen LogP contribution in [0, 0.1) is 13.8 Å². The summed E-state index contributed by atoms with van der Waals surface area (Å²) in [4.78, 5) is 20.3. The van der Waals surface area contributed by atoms with Gasteiger partial charge < -0.3 is 4.90 Å². The molecule has 0 bridgehead atoms. The van der Waals surface area contributed by atoms with Gasteiger partial charge in [0.25, 0.3) is 5.91 Å². The Hall–Kier alpha value is -2.69. The number of fused-ring (bicyclic) bond motifs is 1. The predicted molar refractivity (Wildman–Crippen MR) is 118 cm³/mol. The molecule has 4 aromatic rings.